The molecule has 1 aliphatic rings. The standard InChI is InChI=1S/C22H22N4O3/c1-13(2)26-11-10-14-16(8-5-9-19(14)26)23-20(27)12-18-22(29)24-17-7-4-3-6-15(17)21(28)25-18/h3-11,13,18H,12H2,1-2H3,(H,23,27)(H,24,29)(H,25,28)/t18-/m1/s1. The quantitative estimate of drug-likeness (QED) is 0.638. The number of benzene rings is 2. The molecule has 148 valence electrons. The Kier molecular flexibility index (Phi) is 4.80. The molecule has 0 saturated carbocycles. The normalized spacial score (nSPS) is 16.2. The van der Waals surface area contributed by atoms with Crippen LogP contribution in [0.3, 0.4) is 0 Å². The highest BCUT2D eigenvalue weighted by atomic mass is 16.2. The molecule has 3 aromatic rings. The van der Waals surface area contributed by atoms with Gasteiger partial charge >= 0.3 is 0 Å². The molecule has 4 rings (SSSR count). The lowest BCUT2D eigenvalue weighted by molar-refractivity contribution is -0.122. The van der Waals surface area contributed by atoms with Gasteiger partial charge < -0.3 is 20.5 Å². The Morgan fingerprint density at radius 1 is 1.10 bits per heavy atom. The molecule has 2 heterocycles. The topological polar surface area (TPSA) is 92.2 Å². The van der Waals surface area contributed by atoms with Gasteiger partial charge in [-0.05, 0) is 44.2 Å². The van der Waals surface area contributed by atoms with Gasteiger partial charge in [0, 0.05) is 17.6 Å². The number of carbonyl (C=O) groups excluding carboxylic acids is 3. The molecular formula is C22H22N4O3. The van der Waals surface area contributed by atoms with Gasteiger partial charge in [-0.3, -0.25) is 14.4 Å². The van der Waals surface area contributed by atoms with Gasteiger partial charge in [0.05, 0.1) is 28.9 Å². The SMILES string of the molecule is CC(C)n1ccc2c(NC(=O)C[C@H]3NC(=O)c4ccccc4NC3=O)cccc21. The average molecular weight is 390 g/mol. The van der Waals surface area contributed by atoms with Crippen LogP contribution in [0.1, 0.15) is 36.7 Å². The van der Waals surface area contributed by atoms with Gasteiger partial charge in [0.1, 0.15) is 6.04 Å². The Labute approximate surface area is 168 Å². The predicted octanol–water partition coefficient (Wildman–Crippen LogP) is 3.30. The van der Waals surface area contributed by atoms with E-state index in [1.807, 2.05) is 30.5 Å². The molecule has 29 heavy (non-hydrogen) atoms. The minimum atomic E-state index is -0.950. The number of nitrogens with one attached hydrogen (secondary N) is 3. The predicted molar refractivity (Wildman–Crippen MR) is 112 cm³/mol. The molecule has 0 aliphatic carbocycles. The van der Waals surface area contributed by atoms with E-state index in [1.54, 1.807) is 24.3 Å². The number of aromatic nitrogens is 1. The van der Waals surface area contributed by atoms with Gasteiger partial charge in [-0.25, -0.2) is 0 Å². The van der Waals surface area contributed by atoms with Crippen LogP contribution in [-0.2, 0) is 9.59 Å². The lowest BCUT2D eigenvalue weighted by atomic mass is 10.1. The van der Waals surface area contributed by atoms with E-state index in [-0.39, 0.29) is 18.2 Å². The number of nitrogens with zero attached hydrogens (tertiary/aromatic N) is 1. The van der Waals surface area contributed by atoms with Gasteiger partial charge in [-0.15, -0.1) is 0 Å². The van der Waals surface area contributed by atoms with Crippen LogP contribution in [0.5, 0.6) is 0 Å². The van der Waals surface area contributed by atoms with Crippen LogP contribution in [0.2, 0.25) is 0 Å². The molecular weight excluding hydrogens is 368 g/mol. The molecule has 0 saturated heterocycles. The molecule has 3 N–H and O–H groups in total. The maximum absolute atomic E-state index is 12.7. The molecule has 7 nitrogen and oxygen atoms in total. The number of carbonyl (C=O) groups is 3. The Morgan fingerprint density at radius 2 is 1.90 bits per heavy atom. The number of hydrogen-bond donors (Lipinski definition) is 3. The van der Waals surface area contributed by atoms with E-state index in [4.69, 9.17) is 0 Å². The zero-order valence-electron chi connectivity index (χ0n) is 16.2. The summed E-state index contributed by atoms with van der Waals surface area (Å²) in [4.78, 5) is 37.6. The van der Waals surface area contributed by atoms with Crippen LogP contribution in [0, 0.1) is 0 Å². The average Bonchev–Trinajstić information content (AvgIpc) is 3.08. The Balaban J connectivity index is 1.51. The zero-order valence-corrected chi connectivity index (χ0v) is 16.2. The number of amides is 3. The molecule has 1 aliphatic heterocycles. The number of fused-ring (bicyclic) bond motifs is 2. The van der Waals surface area contributed by atoms with Crippen LogP contribution in [0.15, 0.2) is 54.7 Å². The van der Waals surface area contributed by atoms with Crippen LogP contribution in [0.4, 0.5) is 11.4 Å². The van der Waals surface area contributed by atoms with Gasteiger partial charge in [-0.1, -0.05) is 18.2 Å². The van der Waals surface area contributed by atoms with Crippen molar-refractivity contribution in [1.29, 1.82) is 0 Å². The summed E-state index contributed by atoms with van der Waals surface area (Å²) in [5.41, 5.74) is 2.52. The second-order valence-corrected chi connectivity index (χ2v) is 7.37. The van der Waals surface area contributed by atoms with Crippen molar-refractivity contribution in [3.63, 3.8) is 0 Å². The number of para-hydroxylation sites is 1. The first-order valence-corrected chi connectivity index (χ1v) is 9.54. The second-order valence-electron chi connectivity index (χ2n) is 7.37. The largest absolute Gasteiger partial charge is 0.345 e. The Bertz CT molecular complexity index is 1120. The molecule has 3 amide bonds. The molecule has 2 aromatic carbocycles. The summed E-state index contributed by atoms with van der Waals surface area (Å²) < 4.78 is 2.13. The Hall–Kier alpha value is -3.61. The third-order valence-electron chi connectivity index (χ3n) is 5.03. The summed E-state index contributed by atoms with van der Waals surface area (Å²) in [6, 6.07) is 13.8. The van der Waals surface area contributed by atoms with Crippen molar-refractivity contribution >= 4 is 40.0 Å². The molecule has 0 fully saturated rings. The summed E-state index contributed by atoms with van der Waals surface area (Å²) in [6.07, 6.45) is 1.83. The van der Waals surface area contributed by atoms with Crippen LogP contribution in [0.25, 0.3) is 10.9 Å². The maximum Gasteiger partial charge on any atom is 0.254 e. The van der Waals surface area contributed by atoms with E-state index in [0.29, 0.717) is 23.0 Å². The van der Waals surface area contributed by atoms with Crippen molar-refractivity contribution in [1.82, 2.24) is 9.88 Å². The van der Waals surface area contributed by atoms with Crippen LogP contribution in [-0.4, -0.2) is 28.3 Å². The lowest BCUT2D eigenvalue weighted by Gasteiger charge is -2.15. The fourth-order valence-electron chi connectivity index (χ4n) is 3.59. The number of anilines is 2. The van der Waals surface area contributed by atoms with Gasteiger partial charge in [0.15, 0.2) is 0 Å². The zero-order chi connectivity index (χ0) is 20.5. The second kappa shape index (κ2) is 7.43. The van der Waals surface area contributed by atoms with Crippen molar-refractivity contribution < 1.29 is 14.4 Å². The van der Waals surface area contributed by atoms with E-state index in [9.17, 15) is 14.4 Å². The highest BCUT2D eigenvalue weighted by molar-refractivity contribution is 6.11. The first-order chi connectivity index (χ1) is 13.9. The van der Waals surface area contributed by atoms with E-state index in [1.165, 1.54) is 0 Å². The third-order valence-corrected chi connectivity index (χ3v) is 5.03. The van der Waals surface area contributed by atoms with E-state index in [2.05, 4.69) is 34.4 Å². The first kappa shape index (κ1) is 18.7. The molecule has 0 bridgehead atoms. The molecule has 7 heteroatoms. The van der Waals surface area contributed by atoms with Gasteiger partial charge in [-0.2, -0.15) is 0 Å². The molecule has 0 radical (unpaired) electrons. The van der Waals surface area contributed by atoms with E-state index < -0.39 is 11.9 Å². The molecule has 1 aromatic heterocycles. The third kappa shape index (κ3) is 3.59. The summed E-state index contributed by atoms with van der Waals surface area (Å²) in [5, 5.41) is 9.16. The van der Waals surface area contributed by atoms with Gasteiger partial charge in [0.2, 0.25) is 11.8 Å². The molecule has 0 unspecified atom stereocenters. The smallest absolute Gasteiger partial charge is 0.254 e. The lowest BCUT2D eigenvalue weighted by Crippen LogP contribution is -2.43. The first-order valence-electron chi connectivity index (χ1n) is 9.54. The highest BCUT2D eigenvalue weighted by Gasteiger charge is 2.29. The summed E-state index contributed by atoms with van der Waals surface area (Å²) in [7, 11) is 0. The van der Waals surface area contributed by atoms with Crippen molar-refractivity contribution in [3.8, 4) is 0 Å². The number of hydrogen-bond acceptors (Lipinski definition) is 3. The van der Waals surface area contributed by atoms with E-state index in [0.717, 1.165) is 10.9 Å². The van der Waals surface area contributed by atoms with Crippen molar-refractivity contribution in [2.45, 2.75) is 32.4 Å². The molecule has 1 atom stereocenters. The van der Waals surface area contributed by atoms with Crippen molar-refractivity contribution in [3.05, 3.63) is 60.3 Å². The fourth-order valence-corrected chi connectivity index (χ4v) is 3.59. The fraction of sp³-hybridized carbons (Fsp3) is 0.227. The summed E-state index contributed by atoms with van der Waals surface area (Å²) in [6.45, 7) is 4.19. The highest BCUT2D eigenvalue weighted by Crippen LogP contribution is 2.27. The van der Waals surface area contributed by atoms with Crippen LogP contribution < -0.4 is 16.0 Å². The molecule has 0 spiro atoms. The van der Waals surface area contributed by atoms with E-state index >= 15 is 0 Å². The van der Waals surface area contributed by atoms with Gasteiger partial charge in [0.25, 0.3) is 5.91 Å². The maximum atomic E-state index is 12.7. The van der Waals surface area contributed by atoms with Crippen molar-refractivity contribution in [2.75, 3.05) is 10.6 Å². The Morgan fingerprint density at radius 3 is 2.69 bits per heavy atom. The summed E-state index contributed by atoms with van der Waals surface area (Å²) in [5.74, 6) is -1.14. The summed E-state index contributed by atoms with van der Waals surface area (Å²) >= 11 is 0. The van der Waals surface area contributed by atoms with Crippen LogP contribution >= 0.6 is 0 Å². The minimum Gasteiger partial charge on any atom is -0.345 e. The monoisotopic (exact) mass is 390 g/mol. The minimum absolute atomic E-state index is 0.160. The number of rotatable bonds is 4. The van der Waals surface area contributed by atoms with Crippen molar-refractivity contribution in [2.24, 2.45) is 0 Å².